The second-order valence-electron chi connectivity index (χ2n) is 5.14. The van der Waals surface area contributed by atoms with E-state index in [2.05, 4.69) is 25.8 Å². The third-order valence-electron chi connectivity index (χ3n) is 3.79. The van der Waals surface area contributed by atoms with Crippen molar-refractivity contribution in [1.82, 2.24) is 9.97 Å². The van der Waals surface area contributed by atoms with Gasteiger partial charge in [-0.25, -0.2) is 4.98 Å². The standard InChI is InChI=1S/C16H16ClN5/c17-14-12-19-6-4-15(14)21-7-2-8-22(10-9-21)16-13(11-18)3-1-5-20-16/h1,3-6,12H,2,7-10H2. The molecular formula is C16H16ClN5. The number of halogens is 1. The first-order valence-electron chi connectivity index (χ1n) is 7.24. The average Bonchev–Trinajstić information content (AvgIpc) is 2.81. The molecule has 2 aromatic rings. The molecule has 0 bridgehead atoms. The van der Waals surface area contributed by atoms with Crippen molar-refractivity contribution in [2.24, 2.45) is 0 Å². The fraction of sp³-hybridized carbons (Fsp3) is 0.312. The van der Waals surface area contributed by atoms with Crippen LogP contribution in [0.25, 0.3) is 0 Å². The SMILES string of the molecule is N#Cc1cccnc1N1CCCN(c2ccncc2Cl)CC1. The Morgan fingerprint density at radius 2 is 1.91 bits per heavy atom. The van der Waals surface area contributed by atoms with Gasteiger partial charge in [0.1, 0.15) is 11.9 Å². The second kappa shape index (κ2) is 6.63. The fourth-order valence-corrected chi connectivity index (χ4v) is 2.97. The molecule has 1 saturated heterocycles. The summed E-state index contributed by atoms with van der Waals surface area (Å²) in [6, 6.07) is 7.77. The van der Waals surface area contributed by atoms with Crippen LogP contribution in [-0.2, 0) is 0 Å². The Balaban J connectivity index is 1.78. The predicted molar refractivity (Wildman–Crippen MR) is 87.2 cm³/mol. The molecule has 112 valence electrons. The molecule has 3 rings (SSSR count). The van der Waals surface area contributed by atoms with E-state index < -0.39 is 0 Å². The van der Waals surface area contributed by atoms with Crippen LogP contribution in [0.2, 0.25) is 5.02 Å². The molecule has 3 heterocycles. The van der Waals surface area contributed by atoms with Crippen LogP contribution >= 0.6 is 11.6 Å². The molecule has 0 spiro atoms. The largest absolute Gasteiger partial charge is 0.368 e. The molecule has 6 heteroatoms. The summed E-state index contributed by atoms with van der Waals surface area (Å²) in [6.45, 7) is 3.45. The summed E-state index contributed by atoms with van der Waals surface area (Å²) in [5, 5.41) is 9.91. The molecule has 0 unspecified atom stereocenters. The highest BCUT2D eigenvalue weighted by Gasteiger charge is 2.19. The number of hydrogen-bond acceptors (Lipinski definition) is 5. The van der Waals surface area contributed by atoms with Crippen LogP contribution in [0.3, 0.4) is 0 Å². The van der Waals surface area contributed by atoms with Crippen LogP contribution < -0.4 is 9.80 Å². The average molecular weight is 314 g/mol. The first-order chi connectivity index (χ1) is 10.8. The van der Waals surface area contributed by atoms with Gasteiger partial charge in [0, 0.05) is 44.8 Å². The van der Waals surface area contributed by atoms with E-state index in [1.807, 2.05) is 12.1 Å². The van der Waals surface area contributed by atoms with Gasteiger partial charge in [-0.05, 0) is 24.6 Å². The maximum atomic E-state index is 9.23. The third kappa shape index (κ3) is 2.97. The molecule has 0 aliphatic carbocycles. The van der Waals surface area contributed by atoms with E-state index in [0.717, 1.165) is 44.1 Å². The minimum atomic E-state index is 0.623. The molecule has 1 aliphatic rings. The Labute approximate surface area is 134 Å². The van der Waals surface area contributed by atoms with Crippen LogP contribution in [-0.4, -0.2) is 36.1 Å². The van der Waals surface area contributed by atoms with Crippen molar-refractivity contribution in [3.63, 3.8) is 0 Å². The monoisotopic (exact) mass is 313 g/mol. The normalized spacial score (nSPS) is 15.3. The number of nitriles is 1. The predicted octanol–water partition coefficient (Wildman–Crippen LogP) is 2.72. The lowest BCUT2D eigenvalue weighted by Crippen LogP contribution is -2.31. The van der Waals surface area contributed by atoms with Gasteiger partial charge >= 0.3 is 0 Å². The Hall–Kier alpha value is -2.32. The van der Waals surface area contributed by atoms with E-state index >= 15 is 0 Å². The summed E-state index contributed by atoms with van der Waals surface area (Å²) in [7, 11) is 0. The molecule has 0 saturated carbocycles. The zero-order valence-corrected chi connectivity index (χ0v) is 12.9. The summed E-state index contributed by atoms with van der Waals surface area (Å²) in [5.74, 6) is 0.771. The highest BCUT2D eigenvalue weighted by Crippen LogP contribution is 2.26. The Morgan fingerprint density at radius 3 is 2.73 bits per heavy atom. The van der Waals surface area contributed by atoms with Gasteiger partial charge in [0.2, 0.25) is 0 Å². The Morgan fingerprint density at radius 1 is 1.09 bits per heavy atom. The number of hydrogen-bond donors (Lipinski definition) is 0. The van der Waals surface area contributed by atoms with Gasteiger partial charge in [-0.2, -0.15) is 5.26 Å². The number of aromatic nitrogens is 2. The van der Waals surface area contributed by atoms with Gasteiger partial charge in [0.15, 0.2) is 0 Å². The maximum Gasteiger partial charge on any atom is 0.146 e. The molecule has 1 aliphatic heterocycles. The number of pyridine rings is 2. The molecule has 0 amide bonds. The summed E-state index contributed by atoms with van der Waals surface area (Å²) >= 11 is 6.24. The molecular weight excluding hydrogens is 298 g/mol. The van der Waals surface area contributed by atoms with Gasteiger partial charge < -0.3 is 9.80 Å². The van der Waals surface area contributed by atoms with E-state index in [-0.39, 0.29) is 0 Å². The summed E-state index contributed by atoms with van der Waals surface area (Å²) < 4.78 is 0. The van der Waals surface area contributed by atoms with Gasteiger partial charge in [-0.15, -0.1) is 0 Å². The Kier molecular flexibility index (Phi) is 4.40. The molecule has 0 atom stereocenters. The first-order valence-corrected chi connectivity index (χ1v) is 7.62. The lowest BCUT2D eigenvalue weighted by Gasteiger charge is -2.25. The molecule has 1 fully saturated rings. The van der Waals surface area contributed by atoms with Gasteiger partial charge in [-0.3, -0.25) is 4.98 Å². The van der Waals surface area contributed by atoms with E-state index in [1.165, 1.54) is 0 Å². The minimum Gasteiger partial charge on any atom is -0.368 e. The molecule has 2 aromatic heterocycles. The molecule has 0 N–H and O–H groups in total. The topological polar surface area (TPSA) is 56.1 Å². The van der Waals surface area contributed by atoms with E-state index in [0.29, 0.717) is 10.6 Å². The smallest absolute Gasteiger partial charge is 0.146 e. The van der Waals surface area contributed by atoms with Gasteiger partial charge in [-0.1, -0.05) is 11.6 Å². The molecule has 0 aromatic carbocycles. The van der Waals surface area contributed by atoms with Crippen molar-refractivity contribution in [3.05, 3.63) is 47.4 Å². The molecule has 22 heavy (non-hydrogen) atoms. The highest BCUT2D eigenvalue weighted by atomic mass is 35.5. The quantitative estimate of drug-likeness (QED) is 0.853. The summed E-state index contributed by atoms with van der Waals surface area (Å²) in [5.41, 5.74) is 1.64. The van der Waals surface area contributed by atoms with Crippen LogP contribution in [0, 0.1) is 11.3 Å². The summed E-state index contributed by atoms with van der Waals surface area (Å²) in [4.78, 5) is 12.8. The van der Waals surface area contributed by atoms with Crippen LogP contribution in [0.4, 0.5) is 11.5 Å². The van der Waals surface area contributed by atoms with Crippen molar-refractivity contribution in [2.45, 2.75) is 6.42 Å². The zero-order chi connectivity index (χ0) is 15.4. The maximum absolute atomic E-state index is 9.23. The van der Waals surface area contributed by atoms with Crippen LogP contribution in [0.15, 0.2) is 36.8 Å². The molecule has 5 nitrogen and oxygen atoms in total. The van der Waals surface area contributed by atoms with E-state index in [1.54, 1.807) is 24.7 Å². The Bertz CT molecular complexity index is 697. The first kappa shape index (κ1) is 14.6. The van der Waals surface area contributed by atoms with Crippen LogP contribution in [0.1, 0.15) is 12.0 Å². The lowest BCUT2D eigenvalue weighted by molar-refractivity contribution is 0.796. The van der Waals surface area contributed by atoms with Crippen molar-refractivity contribution >= 4 is 23.1 Å². The van der Waals surface area contributed by atoms with Crippen molar-refractivity contribution in [3.8, 4) is 6.07 Å². The third-order valence-corrected chi connectivity index (χ3v) is 4.09. The minimum absolute atomic E-state index is 0.623. The van der Waals surface area contributed by atoms with Crippen molar-refractivity contribution in [2.75, 3.05) is 36.0 Å². The summed E-state index contributed by atoms with van der Waals surface area (Å²) in [6.07, 6.45) is 6.15. The van der Waals surface area contributed by atoms with Crippen molar-refractivity contribution < 1.29 is 0 Å². The number of rotatable bonds is 2. The number of nitrogens with zero attached hydrogens (tertiary/aromatic N) is 5. The van der Waals surface area contributed by atoms with Crippen LogP contribution in [0.5, 0.6) is 0 Å². The van der Waals surface area contributed by atoms with E-state index in [4.69, 9.17) is 11.6 Å². The lowest BCUT2D eigenvalue weighted by atomic mass is 10.2. The molecule has 0 radical (unpaired) electrons. The number of anilines is 2. The second-order valence-corrected chi connectivity index (χ2v) is 5.55. The highest BCUT2D eigenvalue weighted by molar-refractivity contribution is 6.33. The van der Waals surface area contributed by atoms with E-state index in [9.17, 15) is 5.26 Å². The fourth-order valence-electron chi connectivity index (χ4n) is 2.73. The van der Waals surface area contributed by atoms with Crippen molar-refractivity contribution in [1.29, 1.82) is 5.26 Å². The van der Waals surface area contributed by atoms with Gasteiger partial charge in [0.05, 0.1) is 16.3 Å². The van der Waals surface area contributed by atoms with Gasteiger partial charge in [0.25, 0.3) is 0 Å². The zero-order valence-electron chi connectivity index (χ0n) is 12.1.